The highest BCUT2D eigenvalue weighted by molar-refractivity contribution is 5.27. The predicted molar refractivity (Wildman–Crippen MR) is 105 cm³/mol. The zero-order valence-electron chi connectivity index (χ0n) is 15.9. The molecule has 2 aromatic carbocycles. The maximum atomic E-state index is 9.54. The highest BCUT2D eigenvalue weighted by Gasteiger charge is 2.12. The lowest BCUT2D eigenvalue weighted by Crippen LogP contribution is -2.35. The first-order valence-electron chi connectivity index (χ1n) is 9.26. The fourth-order valence-electron chi connectivity index (χ4n) is 2.89. The van der Waals surface area contributed by atoms with Crippen LogP contribution < -0.4 is 10.5 Å². The molecule has 3 N–H and O–H groups in total. The minimum atomic E-state index is -1.08. The van der Waals surface area contributed by atoms with Crippen molar-refractivity contribution < 1.29 is 14.6 Å². The molecule has 0 aliphatic carbocycles. The molecule has 4 heteroatoms. The zero-order chi connectivity index (χ0) is 18.8. The van der Waals surface area contributed by atoms with Gasteiger partial charge in [0, 0.05) is 13.5 Å². The second-order valence-electron chi connectivity index (χ2n) is 7.04. The Kier molecular flexibility index (Phi) is 8.10. The van der Waals surface area contributed by atoms with Gasteiger partial charge in [-0.05, 0) is 55.9 Å². The van der Waals surface area contributed by atoms with Crippen molar-refractivity contribution in [1.82, 2.24) is 0 Å². The maximum absolute atomic E-state index is 9.54. The molecule has 0 bridgehead atoms. The molecule has 0 aromatic heterocycles. The van der Waals surface area contributed by atoms with E-state index in [-0.39, 0.29) is 6.10 Å². The van der Waals surface area contributed by atoms with E-state index in [4.69, 9.17) is 15.2 Å². The number of aliphatic hydroxyl groups is 1. The van der Waals surface area contributed by atoms with Gasteiger partial charge in [0.05, 0.1) is 12.7 Å². The monoisotopic (exact) mass is 357 g/mol. The Morgan fingerprint density at radius 2 is 1.73 bits per heavy atom. The molecule has 2 rings (SSSR count). The first kappa shape index (κ1) is 20.4. The summed E-state index contributed by atoms with van der Waals surface area (Å²) < 4.78 is 11.4. The SMILES string of the molecule is COC(CCOc1ccc(CCCC(C)(N)O)cc1)Cc1ccccc1. The van der Waals surface area contributed by atoms with Crippen molar-refractivity contribution in [1.29, 1.82) is 0 Å². The lowest BCUT2D eigenvalue weighted by atomic mass is 10.0. The van der Waals surface area contributed by atoms with Gasteiger partial charge >= 0.3 is 0 Å². The van der Waals surface area contributed by atoms with Crippen LogP contribution in [0.4, 0.5) is 0 Å². The number of methoxy groups -OCH3 is 1. The van der Waals surface area contributed by atoms with Gasteiger partial charge in [0.25, 0.3) is 0 Å². The molecule has 4 nitrogen and oxygen atoms in total. The molecule has 2 atom stereocenters. The van der Waals surface area contributed by atoms with Crippen molar-refractivity contribution in [2.75, 3.05) is 13.7 Å². The van der Waals surface area contributed by atoms with E-state index in [2.05, 4.69) is 36.4 Å². The average Bonchev–Trinajstić information content (AvgIpc) is 2.62. The highest BCUT2D eigenvalue weighted by atomic mass is 16.5. The topological polar surface area (TPSA) is 64.7 Å². The molecule has 0 aliphatic rings. The molecule has 0 saturated carbocycles. The van der Waals surface area contributed by atoms with Crippen LogP contribution in [0.15, 0.2) is 54.6 Å². The number of ether oxygens (including phenoxy) is 2. The molecule has 2 unspecified atom stereocenters. The Hall–Kier alpha value is -1.88. The van der Waals surface area contributed by atoms with Gasteiger partial charge < -0.3 is 20.3 Å². The lowest BCUT2D eigenvalue weighted by Gasteiger charge is -2.17. The smallest absolute Gasteiger partial charge is 0.119 e. The van der Waals surface area contributed by atoms with Crippen molar-refractivity contribution in [3.05, 3.63) is 65.7 Å². The van der Waals surface area contributed by atoms with Crippen LogP contribution in [0.2, 0.25) is 0 Å². The molecule has 0 fully saturated rings. The van der Waals surface area contributed by atoms with E-state index in [0.717, 1.165) is 31.4 Å². The van der Waals surface area contributed by atoms with E-state index < -0.39 is 5.72 Å². The van der Waals surface area contributed by atoms with Crippen LogP contribution >= 0.6 is 0 Å². The maximum Gasteiger partial charge on any atom is 0.119 e. The first-order valence-corrected chi connectivity index (χ1v) is 9.26. The second-order valence-corrected chi connectivity index (χ2v) is 7.04. The molecule has 26 heavy (non-hydrogen) atoms. The highest BCUT2D eigenvalue weighted by Crippen LogP contribution is 2.16. The fraction of sp³-hybridized carbons (Fsp3) is 0.455. The van der Waals surface area contributed by atoms with Crippen LogP contribution in [-0.2, 0) is 17.6 Å². The molecule has 0 spiro atoms. The Balaban J connectivity index is 1.71. The van der Waals surface area contributed by atoms with E-state index >= 15 is 0 Å². The molecule has 0 amide bonds. The molecule has 142 valence electrons. The number of rotatable bonds is 11. The van der Waals surface area contributed by atoms with Gasteiger partial charge in [-0.3, -0.25) is 0 Å². The van der Waals surface area contributed by atoms with Crippen molar-refractivity contribution >= 4 is 0 Å². The standard InChI is InChI=1S/C22H31NO3/c1-22(23,24)15-6-9-18-10-12-20(13-11-18)26-16-14-21(25-2)17-19-7-4-3-5-8-19/h3-5,7-8,10-13,21,24H,6,9,14-17,23H2,1-2H3. The number of hydrogen-bond acceptors (Lipinski definition) is 4. The summed E-state index contributed by atoms with van der Waals surface area (Å²) in [6, 6.07) is 18.5. The summed E-state index contributed by atoms with van der Waals surface area (Å²) in [4.78, 5) is 0. The molecular weight excluding hydrogens is 326 g/mol. The summed E-state index contributed by atoms with van der Waals surface area (Å²) in [5.41, 5.74) is 7.01. The predicted octanol–water partition coefficient (Wildman–Crippen LogP) is 3.70. The fourth-order valence-corrected chi connectivity index (χ4v) is 2.89. The Bertz CT molecular complexity index is 620. The first-order chi connectivity index (χ1) is 12.5. The van der Waals surface area contributed by atoms with E-state index in [1.807, 2.05) is 18.2 Å². The van der Waals surface area contributed by atoms with Crippen LogP contribution in [0.3, 0.4) is 0 Å². The van der Waals surface area contributed by atoms with Gasteiger partial charge in [0.2, 0.25) is 0 Å². The number of benzene rings is 2. The third-order valence-corrected chi connectivity index (χ3v) is 4.42. The third-order valence-electron chi connectivity index (χ3n) is 4.42. The van der Waals surface area contributed by atoms with E-state index in [1.165, 1.54) is 11.1 Å². The Labute approximate surface area is 156 Å². The molecular formula is C22H31NO3. The van der Waals surface area contributed by atoms with Crippen LogP contribution in [0.1, 0.15) is 37.3 Å². The summed E-state index contributed by atoms with van der Waals surface area (Å²) >= 11 is 0. The average molecular weight is 357 g/mol. The zero-order valence-corrected chi connectivity index (χ0v) is 15.9. The quantitative estimate of drug-likeness (QED) is 0.602. The summed E-state index contributed by atoms with van der Waals surface area (Å²) in [5, 5.41) is 9.54. The molecule has 0 radical (unpaired) electrons. The van der Waals surface area contributed by atoms with Crippen LogP contribution in [0.25, 0.3) is 0 Å². The van der Waals surface area contributed by atoms with E-state index in [0.29, 0.717) is 13.0 Å². The van der Waals surface area contributed by atoms with Crippen molar-refractivity contribution in [3.63, 3.8) is 0 Å². The number of hydrogen-bond donors (Lipinski definition) is 2. The summed E-state index contributed by atoms with van der Waals surface area (Å²) in [5.74, 6) is 0.870. The molecule has 0 aliphatic heterocycles. The molecule has 2 aromatic rings. The van der Waals surface area contributed by atoms with Crippen molar-refractivity contribution in [2.24, 2.45) is 5.73 Å². The van der Waals surface area contributed by atoms with Gasteiger partial charge in [-0.2, -0.15) is 0 Å². The van der Waals surface area contributed by atoms with Crippen LogP contribution in [0, 0.1) is 0 Å². The van der Waals surface area contributed by atoms with Gasteiger partial charge in [-0.25, -0.2) is 0 Å². The van der Waals surface area contributed by atoms with Crippen molar-refractivity contribution in [2.45, 2.75) is 50.9 Å². The number of nitrogens with two attached hydrogens (primary N) is 1. The summed E-state index contributed by atoms with van der Waals surface area (Å²) in [7, 11) is 1.75. The van der Waals surface area contributed by atoms with Crippen LogP contribution in [0.5, 0.6) is 5.75 Å². The second kappa shape index (κ2) is 10.3. The minimum absolute atomic E-state index is 0.153. The Morgan fingerprint density at radius 1 is 1.04 bits per heavy atom. The molecule has 0 heterocycles. The van der Waals surface area contributed by atoms with Crippen molar-refractivity contribution in [3.8, 4) is 5.75 Å². The normalized spacial score (nSPS) is 14.6. The Morgan fingerprint density at radius 3 is 2.35 bits per heavy atom. The van der Waals surface area contributed by atoms with Gasteiger partial charge in [-0.15, -0.1) is 0 Å². The molecule has 0 saturated heterocycles. The van der Waals surface area contributed by atoms with Gasteiger partial charge in [0.1, 0.15) is 11.5 Å². The van der Waals surface area contributed by atoms with E-state index in [1.54, 1.807) is 14.0 Å². The van der Waals surface area contributed by atoms with Gasteiger partial charge in [-0.1, -0.05) is 42.5 Å². The van der Waals surface area contributed by atoms with E-state index in [9.17, 15) is 5.11 Å². The van der Waals surface area contributed by atoms with Crippen LogP contribution in [-0.4, -0.2) is 30.7 Å². The summed E-state index contributed by atoms with van der Waals surface area (Å²) in [6.07, 6.45) is 4.24. The van der Waals surface area contributed by atoms with Gasteiger partial charge in [0.15, 0.2) is 0 Å². The minimum Gasteiger partial charge on any atom is -0.493 e. The largest absolute Gasteiger partial charge is 0.493 e. The summed E-state index contributed by atoms with van der Waals surface area (Å²) in [6.45, 7) is 2.26. The lowest BCUT2D eigenvalue weighted by molar-refractivity contribution is 0.0559. The number of aryl methyl sites for hydroxylation is 1. The third kappa shape index (κ3) is 8.00.